The summed E-state index contributed by atoms with van der Waals surface area (Å²) in [4.78, 5) is 30.6. The molecule has 7 nitrogen and oxygen atoms in total. The van der Waals surface area contributed by atoms with E-state index in [0.717, 1.165) is 17.7 Å². The van der Waals surface area contributed by atoms with Gasteiger partial charge in [0.1, 0.15) is 17.2 Å². The van der Waals surface area contributed by atoms with Crippen LogP contribution in [0.15, 0.2) is 36.4 Å². The normalized spacial score (nSPS) is 18.1. The van der Waals surface area contributed by atoms with Crippen LogP contribution < -0.4 is 14.5 Å². The van der Waals surface area contributed by atoms with Gasteiger partial charge in [0.15, 0.2) is 0 Å². The summed E-state index contributed by atoms with van der Waals surface area (Å²) < 4.78 is 25.9. The number of likely N-dealkylation sites (N-methyl/N-ethyl adjacent to an activating group) is 1. The Morgan fingerprint density at radius 1 is 1.15 bits per heavy atom. The van der Waals surface area contributed by atoms with E-state index in [1.165, 1.54) is 6.07 Å². The first-order valence-corrected chi connectivity index (χ1v) is 11.6. The smallest absolute Gasteiger partial charge is 0.410 e. The van der Waals surface area contributed by atoms with Crippen molar-refractivity contribution >= 4 is 23.4 Å². The molecule has 0 radical (unpaired) electrons. The lowest BCUT2D eigenvalue weighted by molar-refractivity contribution is 0.0237. The van der Waals surface area contributed by atoms with E-state index in [1.807, 2.05) is 31.7 Å². The molecule has 2 heterocycles. The molecule has 0 aromatic heterocycles. The van der Waals surface area contributed by atoms with Crippen LogP contribution in [0.4, 0.5) is 20.6 Å². The maximum Gasteiger partial charge on any atom is 0.410 e. The van der Waals surface area contributed by atoms with E-state index in [1.54, 1.807) is 48.2 Å². The van der Waals surface area contributed by atoms with Gasteiger partial charge in [0.05, 0.1) is 18.8 Å². The highest BCUT2D eigenvalue weighted by atomic mass is 19.1. The number of carbonyl (C=O) groups excluding carboxylic acids is 2. The summed E-state index contributed by atoms with van der Waals surface area (Å²) in [6.45, 7) is 7.12. The Hall–Kier alpha value is -3.29. The van der Waals surface area contributed by atoms with E-state index >= 15 is 4.39 Å². The van der Waals surface area contributed by atoms with Crippen LogP contribution in [0.25, 0.3) is 0 Å². The first-order chi connectivity index (χ1) is 16.1. The van der Waals surface area contributed by atoms with Gasteiger partial charge in [-0.15, -0.1) is 0 Å². The average molecular weight is 470 g/mol. The van der Waals surface area contributed by atoms with Crippen LogP contribution in [0, 0.1) is 5.82 Å². The maximum absolute atomic E-state index is 15.2. The van der Waals surface area contributed by atoms with Gasteiger partial charge in [0.2, 0.25) is 0 Å². The van der Waals surface area contributed by atoms with Gasteiger partial charge in [-0.25, -0.2) is 9.18 Å². The second-order valence-electron chi connectivity index (χ2n) is 9.85. The van der Waals surface area contributed by atoms with Gasteiger partial charge < -0.3 is 24.2 Å². The SMILES string of the molecule is COc1ccc2c(c1)CCN(c1ccc(N3CCC(N(C)C(=O)OC(C)(C)C)C3)c(F)c1)C2=O. The van der Waals surface area contributed by atoms with Gasteiger partial charge in [0.25, 0.3) is 5.91 Å². The largest absolute Gasteiger partial charge is 0.497 e. The van der Waals surface area contributed by atoms with Crippen molar-refractivity contribution in [2.45, 2.75) is 45.3 Å². The number of ether oxygens (including phenoxy) is 2. The van der Waals surface area contributed by atoms with Gasteiger partial charge in [-0.3, -0.25) is 4.79 Å². The van der Waals surface area contributed by atoms with Crippen molar-refractivity contribution in [3.8, 4) is 5.75 Å². The zero-order valence-corrected chi connectivity index (χ0v) is 20.4. The van der Waals surface area contributed by atoms with Crippen molar-refractivity contribution in [2.24, 2.45) is 0 Å². The highest BCUT2D eigenvalue weighted by Gasteiger charge is 2.32. The van der Waals surface area contributed by atoms with Gasteiger partial charge in [-0.1, -0.05) is 0 Å². The average Bonchev–Trinajstić information content (AvgIpc) is 3.27. The lowest BCUT2D eigenvalue weighted by Gasteiger charge is -2.30. The van der Waals surface area contributed by atoms with E-state index in [9.17, 15) is 9.59 Å². The number of methoxy groups -OCH3 is 1. The number of fused-ring (bicyclic) bond motifs is 1. The van der Waals surface area contributed by atoms with Gasteiger partial charge in [0, 0.05) is 37.9 Å². The number of nitrogens with zero attached hydrogens (tertiary/aromatic N) is 3. The minimum Gasteiger partial charge on any atom is -0.497 e. The van der Waals surface area contributed by atoms with Crippen molar-refractivity contribution in [2.75, 3.05) is 43.6 Å². The highest BCUT2D eigenvalue weighted by molar-refractivity contribution is 6.08. The number of halogens is 1. The second-order valence-corrected chi connectivity index (χ2v) is 9.85. The fraction of sp³-hybridized carbons (Fsp3) is 0.462. The second kappa shape index (κ2) is 9.16. The molecule has 0 spiro atoms. The van der Waals surface area contributed by atoms with Gasteiger partial charge in [-0.05, 0) is 75.6 Å². The number of benzene rings is 2. The lowest BCUT2D eigenvalue weighted by atomic mass is 9.98. The van der Waals surface area contributed by atoms with E-state index in [4.69, 9.17) is 9.47 Å². The summed E-state index contributed by atoms with van der Waals surface area (Å²) in [5, 5.41) is 0. The Morgan fingerprint density at radius 3 is 2.59 bits per heavy atom. The molecule has 2 aliphatic heterocycles. The summed E-state index contributed by atoms with van der Waals surface area (Å²) in [6, 6.07) is 10.3. The van der Waals surface area contributed by atoms with E-state index in [-0.39, 0.29) is 23.9 Å². The van der Waals surface area contributed by atoms with Crippen molar-refractivity contribution in [1.29, 1.82) is 0 Å². The monoisotopic (exact) mass is 469 g/mol. The van der Waals surface area contributed by atoms with Crippen LogP contribution >= 0.6 is 0 Å². The summed E-state index contributed by atoms with van der Waals surface area (Å²) in [7, 11) is 3.32. The van der Waals surface area contributed by atoms with Gasteiger partial charge in [-0.2, -0.15) is 0 Å². The molecule has 0 N–H and O–H groups in total. The van der Waals surface area contributed by atoms with E-state index in [0.29, 0.717) is 43.0 Å². The molecule has 2 aliphatic rings. The number of carbonyl (C=O) groups is 2. The third-order valence-corrected chi connectivity index (χ3v) is 6.37. The minimum absolute atomic E-state index is 0.0638. The Morgan fingerprint density at radius 2 is 1.91 bits per heavy atom. The van der Waals surface area contributed by atoms with E-state index in [2.05, 4.69) is 0 Å². The quantitative estimate of drug-likeness (QED) is 0.661. The molecule has 1 saturated heterocycles. The molecule has 182 valence electrons. The highest BCUT2D eigenvalue weighted by Crippen LogP contribution is 2.32. The summed E-state index contributed by atoms with van der Waals surface area (Å²) in [5.41, 5.74) is 2.00. The first-order valence-electron chi connectivity index (χ1n) is 11.6. The molecule has 4 rings (SSSR count). The Balaban J connectivity index is 1.46. The molecular weight excluding hydrogens is 437 g/mol. The number of hydrogen-bond donors (Lipinski definition) is 0. The van der Waals surface area contributed by atoms with Crippen molar-refractivity contribution in [3.63, 3.8) is 0 Å². The minimum atomic E-state index is -0.565. The van der Waals surface area contributed by atoms with Crippen LogP contribution in [0.1, 0.15) is 43.1 Å². The number of amides is 2. The standard InChI is InChI=1S/C26H32FN3O4/c1-26(2,3)34-25(32)28(4)19-11-12-29(16-19)23-9-6-18(15-22(23)27)30-13-10-17-14-20(33-5)7-8-21(17)24(30)31/h6-9,14-15,19H,10-13,16H2,1-5H3. The number of rotatable bonds is 4. The number of anilines is 2. The summed E-state index contributed by atoms with van der Waals surface area (Å²) in [5.74, 6) is 0.194. The van der Waals surface area contributed by atoms with Crippen molar-refractivity contribution in [1.82, 2.24) is 4.90 Å². The predicted octanol–water partition coefficient (Wildman–Crippen LogP) is 4.48. The molecule has 1 atom stereocenters. The molecule has 0 saturated carbocycles. The predicted molar refractivity (Wildman–Crippen MR) is 129 cm³/mol. The van der Waals surface area contributed by atoms with Crippen LogP contribution in [-0.4, -0.2) is 62.3 Å². The summed E-state index contributed by atoms with van der Waals surface area (Å²) in [6.07, 6.45) is 1.02. The maximum atomic E-state index is 15.2. The van der Waals surface area contributed by atoms with Crippen LogP contribution in [0.5, 0.6) is 5.75 Å². The number of hydrogen-bond acceptors (Lipinski definition) is 5. The zero-order chi connectivity index (χ0) is 24.6. The zero-order valence-electron chi connectivity index (χ0n) is 20.4. The van der Waals surface area contributed by atoms with E-state index < -0.39 is 5.60 Å². The molecule has 0 aliphatic carbocycles. The Bertz CT molecular complexity index is 1100. The molecule has 1 fully saturated rings. The third-order valence-electron chi connectivity index (χ3n) is 6.37. The Labute approximate surface area is 200 Å². The van der Waals surface area contributed by atoms with Crippen LogP contribution in [0.3, 0.4) is 0 Å². The van der Waals surface area contributed by atoms with Crippen molar-refractivity contribution < 1.29 is 23.5 Å². The molecule has 8 heteroatoms. The molecule has 2 aromatic rings. The van der Waals surface area contributed by atoms with Crippen LogP contribution in [-0.2, 0) is 11.2 Å². The van der Waals surface area contributed by atoms with Gasteiger partial charge >= 0.3 is 6.09 Å². The topological polar surface area (TPSA) is 62.3 Å². The Kier molecular flexibility index (Phi) is 6.43. The van der Waals surface area contributed by atoms with Crippen molar-refractivity contribution in [3.05, 3.63) is 53.3 Å². The molecular formula is C26H32FN3O4. The molecule has 0 bridgehead atoms. The fourth-order valence-corrected chi connectivity index (χ4v) is 4.52. The van der Waals surface area contributed by atoms with Crippen LogP contribution in [0.2, 0.25) is 0 Å². The first kappa shape index (κ1) is 23.9. The molecule has 34 heavy (non-hydrogen) atoms. The molecule has 1 unspecified atom stereocenters. The molecule has 2 aromatic carbocycles. The lowest BCUT2D eigenvalue weighted by Crippen LogP contribution is -2.42. The molecule has 2 amide bonds. The third kappa shape index (κ3) is 4.81. The fourth-order valence-electron chi connectivity index (χ4n) is 4.52. The summed E-state index contributed by atoms with van der Waals surface area (Å²) >= 11 is 0.